The Morgan fingerprint density at radius 2 is 1.05 bits per heavy atom. The standard InChI is InChI=1S/C21H16ClFN4O4S2.C21H16ClFN4O3S2/c1-33(30,31)21-25-13(11-24-19(28)17-8-9-18(22)32-17)12-27(21)15-6-4-14(5-7-15)26-10-2-3-16(23)20(26)29;1-32(30)21-25-13(11-24-19(28)17-8-9-18(22)31-17)12-27(21)15-6-4-14(5-7-15)26-10-2-3-16(23)20(26)29/h2-10,12H,11H2,1H3,(H,24,28);2-10,12H,11H2,1H3,(H,24,28). The number of pyridine rings is 2. The van der Waals surface area contributed by atoms with Crippen molar-refractivity contribution < 1.29 is 31.0 Å². The van der Waals surface area contributed by atoms with Crippen LogP contribution in [0.4, 0.5) is 8.78 Å². The number of halogens is 4. The maximum Gasteiger partial charge on any atom is 0.291 e. The molecule has 6 heterocycles. The molecular formula is C42H32Cl2F2N8O7S4. The average Bonchev–Trinajstić information content (AvgIpc) is 4.11. The van der Waals surface area contributed by atoms with Gasteiger partial charge in [-0.15, -0.1) is 22.7 Å². The number of hydrogen-bond donors (Lipinski definition) is 2. The Hall–Kier alpha value is -6.36. The van der Waals surface area contributed by atoms with E-state index >= 15 is 0 Å². The molecule has 8 rings (SSSR count). The molecule has 6 aromatic heterocycles. The van der Waals surface area contributed by atoms with Gasteiger partial charge in [0.2, 0.25) is 20.2 Å². The highest BCUT2D eigenvalue weighted by atomic mass is 35.5. The molecule has 0 aliphatic heterocycles. The number of carbonyl (C=O) groups is 2. The molecule has 2 amide bonds. The van der Waals surface area contributed by atoms with Gasteiger partial charge in [0.05, 0.1) is 53.7 Å². The van der Waals surface area contributed by atoms with Crippen LogP contribution in [0.5, 0.6) is 0 Å². The van der Waals surface area contributed by atoms with Crippen molar-refractivity contribution in [2.45, 2.75) is 23.4 Å². The van der Waals surface area contributed by atoms with Crippen molar-refractivity contribution in [2.24, 2.45) is 0 Å². The van der Waals surface area contributed by atoms with E-state index in [1.807, 2.05) is 0 Å². The quantitative estimate of drug-likeness (QED) is 0.133. The van der Waals surface area contributed by atoms with Crippen molar-refractivity contribution in [2.75, 3.05) is 12.5 Å². The van der Waals surface area contributed by atoms with Crippen LogP contribution < -0.4 is 21.8 Å². The van der Waals surface area contributed by atoms with Crippen LogP contribution >= 0.6 is 45.9 Å². The smallest absolute Gasteiger partial charge is 0.291 e. The predicted molar refractivity (Wildman–Crippen MR) is 245 cm³/mol. The molecule has 15 nitrogen and oxygen atoms in total. The Morgan fingerprint density at radius 3 is 1.45 bits per heavy atom. The monoisotopic (exact) mass is 996 g/mol. The summed E-state index contributed by atoms with van der Waals surface area (Å²) in [7, 11) is -5.10. The number of benzene rings is 2. The summed E-state index contributed by atoms with van der Waals surface area (Å²) in [5.41, 5.74) is 1.31. The summed E-state index contributed by atoms with van der Waals surface area (Å²) in [6.45, 7) is 0.142. The fourth-order valence-corrected chi connectivity index (χ4v) is 9.50. The minimum atomic E-state index is -3.70. The minimum absolute atomic E-state index is 0.000637. The van der Waals surface area contributed by atoms with Crippen LogP contribution in [0.1, 0.15) is 30.7 Å². The van der Waals surface area contributed by atoms with Gasteiger partial charge in [-0.3, -0.25) is 41.7 Å². The third kappa shape index (κ3) is 11.0. The Kier molecular flexibility index (Phi) is 14.2. The molecule has 23 heteroatoms. The molecule has 2 aromatic carbocycles. The largest absolute Gasteiger partial charge is 0.346 e. The summed E-state index contributed by atoms with van der Waals surface area (Å²) in [6, 6.07) is 24.5. The third-order valence-corrected chi connectivity index (χ3v) is 13.3. The zero-order chi connectivity index (χ0) is 46.6. The van der Waals surface area contributed by atoms with Gasteiger partial charge in [0.25, 0.3) is 22.9 Å². The number of aromatic nitrogens is 6. The molecule has 8 aromatic rings. The predicted octanol–water partition coefficient (Wildman–Crippen LogP) is 6.76. The van der Waals surface area contributed by atoms with Gasteiger partial charge in [-0.1, -0.05) is 23.2 Å². The molecule has 2 N–H and O–H groups in total. The van der Waals surface area contributed by atoms with Gasteiger partial charge >= 0.3 is 0 Å². The van der Waals surface area contributed by atoms with Crippen LogP contribution in [-0.4, -0.2) is 65.2 Å². The number of nitrogens with zero attached hydrogens (tertiary/aromatic N) is 6. The summed E-state index contributed by atoms with van der Waals surface area (Å²) < 4.78 is 70.4. The Morgan fingerprint density at radius 1 is 0.646 bits per heavy atom. The lowest BCUT2D eigenvalue weighted by atomic mass is 10.2. The fourth-order valence-electron chi connectivity index (χ4n) is 6.10. The lowest BCUT2D eigenvalue weighted by Gasteiger charge is -2.09. The molecule has 0 fully saturated rings. The van der Waals surface area contributed by atoms with Gasteiger partial charge in [-0.2, -0.15) is 0 Å². The van der Waals surface area contributed by atoms with Crippen LogP contribution in [0, 0.1) is 11.6 Å². The molecule has 0 saturated carbocycles. The summed E-state index contributed by atoms with van der Waals surface area (Å²) in [5.74, 6) is -2.36. The van der Waals surface area contributed by atoms with E-state index in [4.69, 9.17) is 23.2 Å². The van der Waals surface area contributed by atoms with Gasteiger partial charge in [0, 0.05) is 60.0 Å². The van der Waals surface area contributed by atoms with E-state index in [0.29, 0.717) is 57.7 Å². The number of hydrogen-bond acceptors (Lipinski definition) is 11. The highest BCUT2D eigenvalue weighted by Crippen LogP contribution is 2.24. The van der Waals surface area contributed by atoms with Gasteiger partial charge in [0.15, 0.2) is 11.6 Å². The van der Waals surface area contributed by atoms with Gasteiger partial charge < -0.3 is 10.6 Å². The Bertz CT molecular complexity index is 3330. The van der Waals surface area contributed by atoms with Crippen molar-refractivity contribution >= 4 is 78.3 Å². The summed E-state index contributed by atoms with van der Waals surface area (Å²) >= 11 is 14.0. The van der Waals surface area contributed by atoms with E-state index in [1.165, 1.54) is 57.5 Å². The highest BCUT2D eigenvalue weighted by Gasteiger charge is 2.21. The van der Waals surface area contributed by atoms with Crippen molar-refractivity contribution in [1.29, 1.82) is 0 Å². The van der Waals surface area contributed by atoms with E-state index in [2.05, 4.69) is 20.6 Å². The number of imidazole rings is 2. The highest BCUT2D eigenvalue weighted by molar-refractivity contribution is 7.90. The molecule has 334 valence electrons. The maximum absolute atomic E-state index is 13.6. The number of sulfone groups is 1. The van der Waals surface area contributed by atoms with Crippen LogP contribution in [0.25, 0.3) is 22.7 Å². The van der Waals surface area contributed by atoms with Gasteiger partial charge in [-0.05, 0) is 97.1 Å². The number of rotatable bonds is 12. The summed E-state index contributed by atoms with van der Waals surface area (Å²) in [6.07, 6.45) is 8.63. The second-order valence-corrected chi connectivity index (χ2v) is 20.3. The molecule has 65 heavy (non-hydrogen) atoms. The second-order valence-electron chi connectivity index (χ2n) is 13.7. The first-order valence-corrected chi connectivity index (χ1v) is 24.5. The maximum atomic E-state index is 13.6. The molecular weight excluding hydrogens is 966 g/mol. The van der Waals surface area contributed by atoms with Crippen molar-refractivity contribution in [1.82, 2.24) is 38.9 Å². The molecule has 0 radical (unpaired) electrons. The number of nitrogens with one attached hydrogen (secondary N) is 2. The van der Waals surface area contributed by atoms with Gasteiger partial charge in [0.1, 0.15) is 0 Å². The zero-order valence-electron chi connectivity index (χ0n) is 33.6. The number of thiophene rings is 2. The lowest BCUT2D eigenvalue weighted by molar-refractivity contribution is 0.0946. The first kappa shape index (κ1) is 46.6. The zero-order valence-corrected chi connectivity index (χ0v) is 38.4. The lowest BCUT2D eigenvalue weighted by Crippen LogP contribution is -2.22. The van der Waals surface area contributed by atoms with Crippen molar-refractivity contribution in [3.8, 4) is 22.7 Å². The van der Waals surface area contributed by atoms with E-state index < -0.39 is 43.4 Å². The average molecular weight is 998 g/mol. The van der Waals surface area contributed by atoms with Crippen LogP contribution in [-0.2, 0) is 33.7 Å². The van der Waals surface area contributed by atoms with E-state index in [1.54, 1.807) is 83.6 Å². The van der Waals surface area contributed by atoms with Gasteiger partial charge in [-0.25, -0.2) is 27.2 Å². The fraction of sp³-hybridized carbons (Fsp3) is 0.0952. The summed E-state index contributed by atoms with van der Waals surface area (Å²) in [4.78, 5) is 57.9. The van der Waals surface area contributed by atoms with Crippen LogP contribution in [0.3, 0.4) is 0 Å². The van der Waals surface area contributed by atoms with E-state index in [-0.39, 0.29) is 30.1 Å². The van der Waals surface area contributed by atoms with E-state index in [0.717, 1.165) is 34.3 Å². The first-order chi connectivity index (χ1) is 31.0. The SMILES string of the molecule is CS(=O)(=O)c1nc(CNC(=O)c2ccc(Cl)s2)cn1-c1ccc(-n2cccc(F)c2=O)cc1.CS(=O)c1nc(CNC(=O)c2ccc(Cl)s2)cn1-c1ccc(-n2cccc(F)c2=O)cc1. The molecule has 1 atom stereocenters. The molecule has 0 saturated heterocycles. The van der Waals surface area contributed by atoms with E-state index in [9.17, 15) is 40.6 Å². The Labute approximate surface area is 388 Å². The topological polar surface area (TPSA) is 189 Å². The summed E-state index contributed by atoms with van der Waals surface area (Å²) in [5, 5.41) is 5.55. The molecule has 0 bridgehead atoms. The number of amides is 2. The minimum Gasteiger partial charge on any atom is -0.346 e. The molecule has 1 unspecified atom stereocenters. The van der Waals surface area contributed by atoms with Crippen molar-refractivity contribution in [3.63, 3.8) is 0 Å². The second kappa shape index (κ2) is 19.8. The first-order valence-electron chi connectivity index (χ1n) is 18.7. The van der Waals surface area contributed by atoms with Crippen LogP contribution in [0.2, 0.25) is 8.67 Å². The molecule has 0 aliphatic rings. The van der Waals surface area contributed by atoms with Crippen molar-refractivity contribution in [3.05, 3.63) is 184 Å². The normalized spacial score (nSPS) is 11.7. The van der Waals surface area contributed by atoms with Crippen LogP contribution in [0.15, 0.2) is 142 Å². The number of carbonyl (C=O) groups excluding carboxylic acids is 2. The molecule has 0 aliphatic carbocycles. The Balaban J connectivity index is 0.000000194. The third-order valence-electron chi connectivity index (χ3n) is 9.10. The molecule has 0 spiro atoms.